The summed E-state index contributed by atoms with van der Waals surface area (Å²) in [7, 11) is 0. The SMILES string of the molecule is O=Cc1cccc2[nH]c(CCc3ccccc3)nc12. The summed E-state index contributed by atoms with van der Waals surface area (Å²) in [5.74, 6) is 0.924. The summed E-state index contributed by atoms with van der Waals surface area (Å²) in [6.07, 6.45) is 2.64. The molecule has 19 heavy (non-hydrogen) atoms. The molecule has 0 aliphatic heterocycles. The Labute approximate surface area is 111 Å². The molecule has 0 atom stereocenters. The van der Waals surface area contributed by atoms with Gasteiger partial charge in [0.2, 0.25) is 0 Å². The molecule has 0 saturated heterocycles. The minimum absolute atomic E-state index is 0.639. The van der Waals surface area contributed by atoms with Crippen LogP contribution in [0.25, 0.3) is 11.0 Å². The summed E-state index contributed by atoms with van der Waals surface area (Å²) < 4.78 is 0. The zero-order valence-electron chi connectivity index (χ0n) is 10.5. The van der Waals surface area contributed by atoms with Crippen LogP contribution in [0.4, 0.5) is 0 Å². The number of carbonyl (C=O) groups excluding carboxylic acids is 1. The first-order valence-corrected chi connectivity index (χ1v) is 6.33. The van der Waals surface area contributed by atoms with Crippen molar-refractivity contribution in [3.8, 4) is 0 Å². The van der Waals surface area contributed by atoms with Crippen molar-refractivity contribution in [2.24, 2.45) is 0 Å². The van der Waals surface area contributed by atoms with Gasteiger partial charge in [0, 0.05) is 12.0 Å². The summed E-state index contributed by atoms with van der Waals surface area (Å²) in [6, 6.07) is 15.9. The minimum atomic E-state index is 0.639. The Morgan fingerprint density at radius 3 is 2.63 bits per heavy atom. The van der Waals surface area contributed by atoms with Crippen molar-refractivity contribution in [2.75, 3.05) is 0 Å². The topological polar surface area (TPSA) is 45.8 Å². The molecule has 0 bridgehead atoms. The van der Waals surface area contributed by atoms with E-state index in [0.717, 1.165) is 36.0 Å². The number of nitrogens with one attached hydrogen (secondary N) is 1. The number of fused-ring (bicyclic) bond motifs is 1. The Hall–Kier alpha value is -2.42. The fraction of sp³-hybridized carbons (Fsp3) is 0.125. The van der Waals surface area contributed by atoms with Crippen LogP contribution in [-0.2, 0) is 12.8 Å². The van der Waals surface area contributed by atoms with Gasteiger partial charge in [-0.25, -0.2) is 4.98 Å². The first kappa shape index (κ1) is 11.7. The lowest BCUT2D eigenvalue weighted by molar-refractivity contribution is 0.112. The van der Waals surface area contributed by atoms with Gasteiger partial charge in [0.05, 0.1) is 11.0 Å². The van der Waals surface area contributed by atoms with E-state index in [4.69, 9.17) is 0 Å². The molecule has 3 heteroatoms. The van der Waals surface area contributed by atoms with E-state index in [-0.39, 0.29) is 0 Å². The van der Waals surface area contributed by atoms with E-state index >= 15 is 0 Å². The van der Waals surface area contributed by atoms with Gasteiger partial charge < -0.3 is 4.98 Å². The molecule has 0 radical (unpaired) electrons. The number of para-hydroxylation sites is 1. The van der Waals surface area contributed by atoms with E-state index in [1.54, 1.807) is 6.07 Å². The molecule has 1 N–H and O–H groups in total. The molecule has 3 rings (SSSR count). The Kier molecular flexibility index (Phi) is 3.11. The van der Waals surface area contributed by atoms with Crippen molar-refractivity contribution in [1.29, 1.82) is 0 Å². The lowest BCUT2D eigenvalue weighted by atomic mass is 10.1. The third-order valence-corrected chi connectivity index (χ3v) is 3.21. The molecule has 94 valence electrons. The lowest BCUT2D eigenvalue weighted by Crippen LogP contribution is -1.93. The number of aryl methyl sites for hydroxylation is 2. The molecule has 0 unspecified atom stereocenters. The van der Waals surface area contributed by atoms with Crippen LogP contribution in [0.15, 0.2) is 48.5 Å². The van der Waals surface area contributed by atoms with Gasteiger partial charge in [-0.3, -0.25) is 4.79 Å². The average Bonchev–Trinajstić information content (AvgIpc) is 2.89. The molecule has 1 heterocycles. The second-order valence-electron chi connectivity index (χ2n) is 4.53. The quantitative estimate of drug-likeness (QED) is 0.723. The largest absolute Gasteiger partial charge is 0.342 e. The molecule has 1 aromatic heterocycles. The van der Waals surface area contributed by atoms with Gasteiger partial charge in [0.15, 0.2) is 6.29 Å². The second kappa shape index (κ2) is 5.06. The molecule has 2 aromatic carbocycles. The number of hydrogen-bond donors (Lipinski definition) is 1. The van der Waals surface area contributed by atoms with Gasteiger partial charge in [-0.2, -0.15) is 0 Å². The number of aromatic nitrogens is 2. The number of rotatable bonds is 4. The normalized spacial score (nSPS) is 10.7. The highest BCUT2D eigenvalue weighted by Crippen LogP contribution is 2.16. The van der Waals surface area contributed by atoms with E-state index in [0.29, 0.717) is 5.56 Å². The van der Waals surface area contributed by atoms with Gasteiger partial charge in [0.25, 0.3) is 0 Å². The number of imidazole rings is 1. The molecule has 0 amide bonds. The molecule has 0 aliphatic rings. The van der Waals surface area contributed by atoms with Gasteiger partial charge in [-0.15, -0.1) is 0 Å². The van der Waals surface area contributed by atoms with Crippen molar-refractivity contribution in [3.05, 3.63) is 65.5 Å². The first-order chi connectivity index (χ1) is 9.36. The van der Waals surface area contributed by atoms with Crippen LogP contribution in [-0.4, -0.2) is 16.3 Å². The van der Waals surface area contributed by atoms with Crippen molar-refractivity contribution in [3.63, 3.8) is 0 Å². The van der Waals surface area contributed by atoms with E-state index in [2.05, 4.69) is 22.1 Å². The predicted octanol–water partition coefficient (Wildman–Crippen LogP) is 3.16. The fourth-order valence-corrected chi connectivity index (χ4v) is 2.23. The van der Waals surface area contributed by atoms with E-state index in [1.165, 1.54) is 5.56 Å². The molecule has 0 saturated carbocycles. The number of aromatic amines is 1. The van der Waals surface area contributed by atoms with Gasteiger partial charge in [-0.05, 0) is 24.1 Å². The van der Waals surface area contributed by atoms with Crippen LogP contribution in [0.2, 0.25) is 0 Å². The molecule has 3 aromatic rings. The van der Waals surface area contributed by atoms with E-state index < -0.39 is 0 Å². The van der Waals surface area contributed by atoms with Crippen molar-refractivity contribution < 1.29 is 4.79 Å². The van der Waals surface area contributed by atoms with Gasteiger partial charge in [-0.1, -0.05) is 36.4 Å². The number of H-pyrrole nitrogens is 1. The Morgan fingerprint density at radius 2 is 1.84 bits per heavy atom. The molecular weight excluding hydrogens is 236 g/mol. The minimum Gasteiger partial charge on any atom is -0.342 e. The number of hydrogen-bond acceptors (Lipinski definition) is 2. The summed E-state index contributed by atoms with van der Waals surface area (Å²) in [6.45, 7) is 0. The zero-order valence-corrected chi connectivity index (χ0v) is 10.5. The standard InChI is InChI=1S/C16H14N2O/c19-11-13-7-4-8-14-16(13)18-15(17-14)10-9-12-5-2-1-3-6-12/h1-8,11H,9-10H2,(H,17,18). The molecular formula is C16H14N2O. The summed E-state index contributed by atoms with van der Waals surface area (Å²) in [4.78, 5) is 18.7. The third kappa shape index (κ3) is 2.40. The maximum atomic E-state index is 11.0. The summed E-state index contributed by atoms with van der Waals surface area (Å²) >= 11 is 0. The number of benzene rings is 2. The average molecular weight is 250 g/mol. The van der Waals surface area contributed by atoms with Crippen LogP contribution in [0.3, 0.4) is 0 Å². The van der Waals surface area contributed by atoms with Crippen LogP contribution < -0.4 is 0 Å². The second-order valence-corrected chi connectivity index (χ2v) is 4.53. The number of aldehydes is 1. The van der Waals surface area contributed by atoms with Gasteiger partial charge in [0.1, 0.15) is 5.82 Å². The lowest BCUT2D eigenvalue weighted by Gasteiger charge is -1.97. The highest BCUT2D eigenvalue weighted by Gasteiger charge is 2.06. The summed E-state index contributed by atoms with van der Waals surface area (Å²) in [5.41, 5.74) is 3.62. The molecule has 3 nitrogen and oxygen atoms in total. The smallest absolute Gasteiger partial charge is 0.152 e. The fourth-order valence-electron chi connectivity index (χ4n) is 2.23. The maximum Gasteiger partial charge on any atom is 0.152 e. The first-order valence-electron chi connectivity index (χ1n) is 6.33. The monoisotopic (exact) mass is 250 g/mol. The Morgan fingerprint density at radius 1 is 1.00 bits per heavy atom. The van der Waals surface area contributed by atoms with E-state index in [9.17, 15) is 4.79 Å². The van der Waals surface area contributed by atoms with E-state index in [1.807, 2.05) is 30.3 Å². The summed E-state index contributed by atoms with van der Waals surface area (Å²) in [5, 5.41) is 0. The molecule has 0 fully saturated rings. The highest BCUT2D eigenvalue weighted by molar-refractivity contribution is 5.94. The predicted molar refractivity (Wildman–Crippen MR) is 75.3 cm³/mol. The van der Waals surface area contributed by atoms with Crippen molar-refractivity contribution in [1.82, 2.24) is 9.97 Å². The van der Waals surface area contributed by atoms with Crippen LogP contribution in [0, 0.1) is 0 Å². The highest BCUT2D eigenvalue weighted by atomic mass is 16.1. The van der Waals surface area contributed by atoms with Crippen LogP contribution in [0.1, 0.15) is 21.7 Å². The zero-order chi connectivity index (χ0) is 13.1. The Balaban J connectivity index is 1.84. The maximum absolute atomic E-state index is 11.0. The Bertz CT molecular complexity index is 701. The van der Waals surface area contributed by atoms with Gasteiger partial charge >= 0.3 is 0 Å². The van der Waals surface area contributed by atoms with Crippen molar-refractivity contribution >= 4 is 17.3 Å². The molecule has 0 aliphatic carbocycles. The molecule has 0 spiro atoms. The van der Waals surface area contributed by atoms with Crippen LogP contribution >= 0.6 is 0 Å². The number of nitrogens with zero attached hydrogens (tertiary/aromatic N) is 1. The number of carbonyl (C=O) groups is 1. The van der Waals surface area contributed by atoms with Crippen LogP contribution in [0.5, 0.6) is 0 Å². The van der Waals surface area contributed by atoms with Crippen molar-refractivity contribution in [2.45, 2.75) is 12.8 Å². The third-order valence-electron chi connectivity index (χ3n) is 3.21.